The average molecular weight is 530 g/mol. The number of nitrogens with zero attached hydrogens (tertiary/aromatic N) is 1. The highest BCUT2D eigenvalue weighted by atomic mass is 79.9. The van der Waals surface area contributed by atoms with Crippen LogP contribution in [0.2, 0.25) is 0 Å². The molecule has 7 heteroatoms. The lowest BCUT2D eigenvalue weighted by Crippen LogP contribution is -2.44. The third kappa shape index (κ3) is 5.06. The molecular weight excluding hydrogens is 506 g/mol. The summed E-state index contributed by atoms with van der Waals surface area (Å²) >= 11 is 6.98. The van der Waals surface area contributed by atoms with Gasteiger partial charge in [-0.3, -0.25) is 4.79 Å². The zero-order valence-electron chi connectivity index (χ0n) is 16.4. The van der Waals surface area contributed by atoms with E-state index in [1.165, 1.54) is 6.07 Å². The molecule has 1 heterocycles. The van der Waals surface area contributed by atoms with E-state index in [2.05, 4.69) is 37.2 Å². The standard InChI is InChI=1S/C22H24Br2F2N2O/c1-14(15-9-17(23)12-18(24)10-15)28(2)21(29)13-22(5-7-27-8-6-22)16-3-4-19(25)20(26)11-16/h3-4,9-12,14,27H,5-8,13H2,1-2H3. The highest BCUT2D eigenvalue weighted by Gasteiger charge is 2.38. The van der Waals surface area contributed by atoms with Crippen molar-refractivity contribution in [1.29, 1.82) is 0 Å². The van der Waals surface area contributed by atoms with E-state index in [4.69, 9.17) is 0 Å². The largest absolute Gasteiger partial charge is 0.339 e. The number of hydrogen-bond acceptors (Lipinski definition) is 2. The highest BCUT2D eigenvalue weighted by molar-refractivity contribution is 9.11. The second-order valence-corrected chi connectivity index (χ2v) is 9.55. The van der Waals surface area contributed by atoms with Crippen LogP contribution in [-0.2, 0) is 10.2 Å². The number of hydrogen-bond donors (Lipinski definition) is 1. The summed E-state index contributed by atoms with van der Waals surface area (Å²) in [6.45, 7) is 3.47. The van der Waals surface area contributed by atoms with Crippen LogP contribution in [0.1, 0.15) is 43.4 Å². The summed E-state index contributed by atoms with van der Waals surface area (Å²) in [4.78, 5) is 15.0. The molecule has 0 aromatic heterocycles. The normalized spacial score (nSPS) is 17.0. The zero-order chi connectivity index (χ0) is 21.2. The minimum absolute atomic E-state index is 0.0137. The maximum atomic E-state index is 13.9. The summed E-state index contributed by atoms with van der Waals surface area (Å²) in [6, 6.07) is 9.84. The summed E-state index contributed by atoms with van der Waals surface area (Å²) in [5, 5.41) is 3.30. The van der Waals surface area contributed by atoms with E-state index in [0.717, 1.165) is 33.7 Å². The Hall–Kier alpha value is -1.31. The number of halogens is 4. The first kappa shape index (κ1) is 22.4. The fourth-order valence-electron chi connectivity index (χ4n) is 3.97. The van der Waals surface area contributed by atoms with Gasteiger partial charge in [-0.2, -0.15) is 0 Å². The lowest BCUT2D eigenvalue weighted by molar-refractivity contribution is -0.133. The van der Waals surface area contributed by atoms with Crippen LogP contribution in [0, 0.1) is 11.6 Å². The molecule has 1 saturated heterocycles. The van der Waals surface area contributed by atoms with Crippen molar-refractivity contribution in [3.05, 3.63) is 68.1 Å². The number of benzene rings is 2. The topological polar surface area (TPSA) is 32.3 Å². The van der Waals surface area contributed by atoms with Gasteiger partial charge in [-0.15, -0.1) is 0 Å². The highest BCUT2D eigenvalue weighted by Crippen LogP contribution is 2.39. The fourth-order valence-corrected chi connectivity index (χ4v) is 5.30. The van der Waals surface area contributed by atoms with Gasteiger partial charge in [0.05, 0.1) is 6.04 Å². The molecule has 2 aromatic rings. The van der Waals surface area contributed by atoms with Crippen molar-refractivity contribution in [2.24, 2.45) is 0 Å². The maximum Gasteiger partial charge on any atom is 0.223 e. The van der Waals surface area contributed by atoms with E-state index < -0.39 is 17.0 Å². The molecule has 1 aliphatic heterocycles. The van der Waals surface area contributed by atoms with Gasteiger partial charge in [-0.25, -0.2) is 8.78 Å². The minimum Gasteiger partial charge on any atom is -0.339 e. The lowest BCUT2D eigenvalue weighted by atomic mass is 9.70. The van der Waals surface area contributed by atoms with E-state index in [9.17, 15) is 13.6 Å². The van der Waals surface area contributed by atoms with E-state index in [1.807, 2.05) is 25.1 Å². The zero-order valence-corrected chi connectivity index (χ0v) is 19.6. The van der Waals surface area contributed by atoms with Crippen molar-refractivity contribution in [2.75, 3.05) is 20.1 Å². The van der Waals surface area contributed by atoms with Crippen LogP contribution in [0.15, 0.2) is 45.3 Å². The molecule has 1 amide bonds. The predicted molar refractivity (Wildman–Crippen MR) is 118 cm³/mol. The van der Waals surface area contributed by atoms with E-state index in [1.54, 1.807) is 18.0 Å². The van der Waals surface area contributed by atoms with Gasteiger partial charge < -0.3 is 10.2 Å². The molecule has 1 fully saturated rings. The third-order valence-electron chi connectivity index (χ3n) is 5.92. The van der Waals surface area contributed by atoms with Crippen LogP contribution in [0.3, 0.4) is 0 Å². The van der Waals surface area contributed by atoms with Gasteiger partial charge in [-0.1, -0.05) is 37.9 Å². The first-order chi connectivity index (χ1) is 13.7. The summed E-state index contributed by atoms with van der Waals surface area (Å²) in [5.41, 5.74) is 1.20. The van der Waals surface area contributed by atoms with Crippen LogP contribution in [0.5, 0.6) is 0 Å². The second-order valence-electron chi connectivity index (χ2n) is 7.72. The van der Waals surface area contributed by atoms with Crippen molar-refractivity contribution >= 4 is 37.8 Å². The predicted octanol–water partition coefficient (Wildman–Crippen LogP) is 5.72. The van der Waals surface area contributed by atoms with Crippen molar-refractivity contribution in [3.8, 4) is 0 Å². The van der Waals surface area contributed by atoms with Crippen LogP contribution < -0.4 is 5.32 Å². The van der Waals surface area contributed by atoms with Gasteiger partial charge in [0.2, 0.25) is 5.91 Å². The van der Waals surface area contributed by atoms with Gasteiger partial charge in [0.15, 0.2) is 11.6 Å². The van der Waals surface area contributed by atoms with Crippen molar-refractivity contribution in [2.45, 2.75) is 37.6 Å². The molecule has 0 saturated carbocycles. The Morgan fingerprint density at radius 3 is 2.31 bits per heavy atom. The first-order valence-corrected chi connectivity index (χ1v) is 11.2. The summed E-state index contributed by atoms with van der Waals surface area (Å²) in [7, 11) is 1.79. The van der Waals surface area contributed by atoms with Gasteiger partial charge in [0, 0.05) is 27.8 Å². The number of rotatable bonds is 5. The molecule has 0 bridgehead atoms. The van der Waals surface area contributed by atoms with Gasteiger partial charge in [-0.05, 0) is 74.3 Å². The Morgan fingerprint density at radius 1 is 1.10 bits per heavy atom. The second kappa shape index (κ2) is 9.23. The van der Waals surface area contributed by atoms with Gasteiger partial charge in [0.1, 0.15) is 0 Å². The molecule has 0 aliphatic carbocycles. The molecule has 156 valence electrons. The Labute approximate surface area is 187 Å². The summed E-state index contributed by atoms with van der Waals surface area (Å²) in [6.07, 6.45) is 1.67. The van der Waals surface area contributed by atoms with Gasteiger partial charge in [0.25, 0.3) is 0 Å². The molecule has 1 N–H and O–H groups in total. The van der Waals surface area contributed by atoms with Crippen molar-refractivity contribution in [3.63, 3.8) is 0 Å². The van der Waals surface area contributed by atoms with Crippen LogP contribution in [0.25, 0.3) is 0 Å². The average Bonchev–Trinajstić information content (AvgIpc) is 2.68. The van der Waals surface area contributed by atoms with Crippen LogP contribution in [-0.4, -0.2) is 30.9 Å². The number of carbonyl (C=O) groups excluding carboxylic acids is 1. The Kier molecular flexibility index (Phi) is 7.12. The Balaban J connectivity index is 1.85. The number of amides is 1. The fraction of sp³-hybridized carbons (Fsp3) is 0.409. The SMILES string of the molecule is CC(c1cc(Br)cc(Br)c1)N(C)C(=O)CC1(c2ccc(F)c(F)c2)CCNCC1. The first-order valence-electron chi connectivity index (χ1n) is 9.60. The third-order valence-corrected chi connectivity index (χ3v) is 6.84. The maximum absolute atomic E-state index is 13.9. The molecule has 2 aromatic carbocycles. The van der Waals surface area contributed by atoms with Crippen LogP contribution in [0.4, 0.5) is 8.78 Å². The summed E-state index contributed by atoms with van der Waals surface area (Å²) < 4.78 is 29.3. The molecular formula is C22H24Br2F2N2O. The number of carbonyl (C=O) groups is 1. The molecule has 1 atom stereocenters. The molecule has 1 aliphatic rings. The monoisotopic (exact) mass is 528 g/mol. The molecule has 0 spiro atoms. The van der Waals surface area contributed by atoms with E-state index in [-0.39, 0.29) is 18.4 Å². The minimum atomic E-state index is -0.867. The number of piperidine rings is 1. The van der Waals surface area contributed by atoms with E-state index >= 15 is 0 Å². The van der Waals surface area contributed by atoms with Gasteiger partial charge >= 0.3 is 0 Å². The molecule has 29 heavy (non-hydrogen) atoms. The molecule has 0 radical (unpaired) electrons. The molecule has 3 nitrogen and oxygen atoms in total. The van der Waals surface area contributed by atoms with Crippen molar-refractivity contribution < 1.29 is 13.6 Å². The summed E-state index contributed by atoms with van der Waals surface area (Å²) in [5.74, 6) is -1.75. The smallest absolute Gasteiger partial charge is 0.223 e. The quantitative estimate of drug-likeness (QED) is 0.537. The van der Waals surface area contributed by atoms with Crippen molar-refractivity contribution in [1.82, 2.24) is 10.2 Å². The molecule has 1 unspecified atom stereocenters. The van der Waals surface area contributed by atoms with E-state index in [0.29, 0.717) is 18.4 Å². The Bertz CT molecular complexity index is 880. The Morgan fingerprint density at radius 2 is 1.72 bits per heavy atom. The van der Waals surface area contributed by atoms with Crippen LogP contribution >= 0.6 is 31.9 Å². The lowest BCUT2D eigenvalue weighted by Gasteiger charge is -2.39. The number of nitrogens with one attached hydrogen (secondary N) is 1. The molecule has 3 rings (SSSR count).